The van der Waals surface area contributed by atoms with Gasteiger partial charge in [-0.3, -0.25) is 4.98 Å². The lowest BCUT2D eigenvalue weighted by atomic mass is 10.4. The maximum atomic E-state index is 12.3. The molecule has 14 heavy (non-hydrogen) atoms. The molecule has 78 valence electrons. The SMILES string of the molecule is Fc1ccc(COCC(F)(F)F)nc1. The minimum atomic E-state index is -4.35. The molecule has 0 bridgehead atoms. The van der Waals surface area contributed by atoms with E-state index in [2.05, 4.69) is 9.72 Å². The van der Waals surface area contributed by atoms with E-state index in [1.54, 1.807) is 0 Å². The van der Waals surface area contributed by atoms with Gasteiger partial charge in [0.15, 0.2) is 0 Å². The van der Waals surface area contributed by atoms with Crippen molar-refractivity contribution in [3.05, 3.63) is 29.8 Å². The molecule has 0 saturated carbocycles. The molecule has 0 aromatic carbocycles. The molecular weight excluding hydrogens is 202 g/mol. The Morgan fingerprint density at radius 3 is 2.50 bits per heavy atom. The quantitative estimate of drug-likeness (QED) is 0.712. The van der Waals surface area contributed by atoms with Crippen LogP contribution in [0.5, 0.6) is 0 Å². The summed E-state index contributed by atoms with van der Waals surface area (Å²) >= 11 is 0. The summed E-state index contributed by atoms with van der Waals surface area (Å²) in [5.41, 5.74) is 0.260. The molecule has 1 aromatic rings. The van der Waals surface area contributed by atoms with E-state index in [1.165, 1.54) is 6.07 Å². The standard InChI is InChI=1S/C8H7F4NO/c9-6-1-2-7(13-3-6)4-14-5-8(10,11)12/h1-3H,4-5H2. The minimum Gasteiger partial charge on any atom is -0.366 e. The first-order chi connectivity index (χ1) is 6.47. The zero-order valence-corrected chi connectivity index (χ0v) is 7.01. The fourth-order valence-electron chi connectivity index (χ4n) is 0.763. The second-order valence-electron chi connectivity index (χ2n) is 2.58. The highest BCUT2D eigenvalue weighted by atomic mass is 19.4. The molecule has 1 heterocycles. The van der Waals surface area contributed by atoms with Crippen LogP contribution in [0.4, 0.5) is 17.6 Å². The summed E-state index contributed by atoms with van der Waals surface area (Å²) in [5, 5.41) is 0. The van der Waals surface area contributed by atoms with E-state index in [9.17, 15) is 17.6 Å². The molecule has 6 heteroatoms. The van der Waals surface area contributed by atoms with Crippen molar-refractivity contribution >= 4 is 0 Å². The molecule has 0 atom stereocenters. The summed E-state index contributed by atoms with van der Waals surface area (Å²) in [6, 6.07) is 2.38. The van der Waals surface area contributed by atoms with Gasteiger partial charge in [0.2, 0.25) is 0 Å². The van der Waals surface area contributed by atoms with Gasteiger partial charge in [0.05, 0.1) is 18.5 Å². The summed E-state index contributed by atoms with van der Waals surface area (Å²) in [7, 11) is 0. The van der Waals surface area contributed by atoms with Gasteiger partial charge in [0.25, 0.3) is 0 Å². The Kier molecular flexibility index (Phi) is 3.40. The molecule has 2 nitrogen and oxygen atoms in total. The average Bonchev–Trinajstić information content (AvgIpc) is 2.06. The molecule has 0 radical (unpaired) electrons. The number of nitrogens with zero attached hydrogens (tertiary/aromatic N) is 1. The van der Waals surface area contributed by atoms with Crippen molar-refractivity contribution in [3.63, 3.8) is 0 Å². The average molecular weight is 209 g/mol. The molecule has 0 spiro atoms. The third-order valence-electron chi connectivity index (χ3n) is 1.30. The van der Waals surface area contributed by atoms with Crippen LogP contribution >= 0.6 is 0 Å². The van der Waals surface area contributed by atoms with Crippen LogP contribution in [0.25, 0.3) is 0 Å². The largest absolute Gasteiger partial charge is 0.411 e. The van der Waals surface area contributed by atoms with Gasteiger partial charge < -0.3 is 4.74 Å². The molecule has 1 aromatic heterocycles. The maximum Gasteiger partial charge on any atom is 0.411 e. The summed E-state index contributed by atoms with van der Waals surface area (Å²) in [6.07, 6.45) is -3.42. The van der Waals surface area contributed by atoms with Crippen molar-refractivity contribution in [2.24, 2.45) is 0 Å². The second kappa shape index (κ2) is 4.36. The van der Waals surface area contributed by atoms with Crippen molar-refractivity contribution in [2.75, 3.05) is 6.61 Å². The highest BCUT2D eigenvalue weighted by molar-refractivity contribution is 5.03. The van der Waals surface area contributed by atoms with Crippen LogP contribution in [0.1, 0.15) is 5.69 Å². The van der Waals surface area contributed by atoms with Crippen LogP contribution in [0.2, 0.25) is 0 Å². The van der Waals surface area contributed by atoms with E-state index in [0.29, 0.717) is 0 Å². The highest BCUT2D eigenvalue weighted by Gasteiger charge is 2.27. The van der Waals surface area contributed by atoms with Gasteiger partial charge >= 0.3 is 6.18 Å². The van der Waals surface area contributed by atoms with Crippen LogP contribution < -0.4 is 0 Å². The fourth-order valence-corrected chi connectivity index (χ4v) is 0.763. The van der Waals surface area contributed by atoms with Crippen LogP contribution in [0, 0.1) is 5.82 Å². The van der Waals surface area contributed by atoms with Crippen LogP contribution in [-0.2, 0) is 11.3 Å². The Morgan fingerprint density at radius 1 is 1.29 bits per heavy atom. The molecule has 0 saturated heterocycles. The summed E-state index contributed by atoms with van der Waals surface area (Å²) in [4.78, 5) is 3.53. The van der Waals surface area contributed by atoms with Crippen LogP contribution in [0.15, 0.2) is 18.3 Å². The normalized spacial score (nSPS) is 11.7. The molecule has 0 aliphatic rings. The predicted octanol–water partition coefficient (Wildman–Crippen LogP) is 2.30. The number of rotatable bonds is 3. The number of hydrogen-bond donors (Lipinski definition) is 0. The Bertz CT molecular complexity index is 282. The topological polar surface area (TPSA) is 22.1 Å². The lowest BCUT2D eigenvalue weighted by molar-refractivity contribution is -0.176. The molecular formula is C8H7F4NO. The lowest BCUT2D eigenvalue weighted by Gasteiger charge is -2.06. The van der Waals surface area contributed by atoms with Gasteiger partial charge in [-0.2, -0.15) is 13.2 Å². The number of alkyl halides is 3. The van der Waals surface area contributed by atoms with Crippen LogP contribution in [0.3, 0.4) is 0 Å². The molecule has 0 unspecified atom stereocenters. The first-order valence-electron chi connectivity index (χ1n) is 3.72. The number of ether oxygens (including phenoxy) is 1. The van der Waals surface area contributed by atoms with E-state index in [0.717, 1.165) is 12.3 Å². The van der Waals surface area contributed by atoms with Crippen molar-refractivity contribution < 1.29 is 22.3 Å². The van der Waals surface area contributed by atoms with Crippen molar-refractivity contribution in [1.29, 1.82) is 0 Å². The zero-order valence-electron chi connectivity index (χ0n) is 7.01. The Labute approximate surface area is 77.5 Å². The summed E-state index contributed by atoms with van der Waals surface area (Å²) < 4.78 is 51.5. The van der Waals surface area contributed by atoms with Gasteiger partial charge in [-0.05, 0) is 12.1 Å². The third kappa shape index (κ3) is 4.18. The molecule has 0 fully saturated rings. The smallest absolute Gasteiger partial charge is 0.366 e. The van der Waals surface area contributed by atoms with Gasteiger partial charge in [-0.15, -0.1) is 0 Å². The van der Waals surface area contributed by atoms with Crippen molar-refractivity contribution in [2.45, 2.75) is 12.8 Å². The van der Waals surface area contributed by atoms with E-state index in [4.69, 9.17) is 0 Å². The lowest BCUT2D eigenvalue weighted by Crippen LogP contribution is -2.16. The molecule has 0 amide bonds. The monoisotopic (exact) mass is 209 g/mol. The maximum absolute atomic E-state index is 12.3. The highest BCUT2D eigenvalue weighted by Crippen LogP contribution is 2.15. The van der Waals surface area contributed by atoms with E-state index < -0.39 is 18.6 Å². The van der Waals surface area contributed by atoms with Gasteiger partial charge in [0, 0.05) is 0 Å². The molecule has 0 N–H and O–H groups in total. The van der Waals surface area contributed by atoms with Gasteiger partial charge in [0.1, 0.15) is 12.4 Å². The molecule has 0 aliphatic carbocycles. The van der Waals surface area contributed by atoms with Crippen LogP contribution in [-0.4, -0.2) is 17.8 Å². The van der Waals surface area contributed by atoms with Crippen molar-refractivity contribution in [1.82, 2.24) is 4.98 Å². The Morgan fingerprint density at radius 2 is 2.00 bits per heavy atom. The predicted molar refractivity (Wildman–Crippen MR) is 39.9 cm³/mol. The summed E-state index contributed by atoms with van der Waals surface area (Å²) in [6.45, 7) is -1.61. The number of aromatic nitrogens is 1. The fraction of sp³-hybridized carbons (Fsp3) is 0.375. The molecule has 1 rings (SSSR count). The zero-order chi connectivity index (χ0) is 10.6. The number of hydrogen-bond acceptors (Lipinski definition) is 2. The van der Waals surface area contributed by atoms with Gasteiger partial charge in [-0.25, -0.2) is 4.39 Å². The van der Waals surface area contributed by atoms with E-state index >= 15 is 0 Å². The first kappa shape index (κ1) is 10.9. The van der Waals surface area contributed by atoms with Crippen molar-refractivity contribution in [3.8, 4) is 0 Å². The second-order valence-corrected chi connectivity index (χ2v) is 2.58. The summed E-state index contributed by atoms with van der Waals surface area (Å²) in [5.74, 6) is -0.537. The molecule has 0 aliphatic heterocycles. The van der Waals surface area contributed by atoms with E-state index in [-0.39, 0.29) is 12.3 Å². The minimum absolute atomic E-state index is 0.260. The third-order valence-corrected chi connectivity index (χ3v) is 1.30. The first-order valence-corrected chi connectivity index (χ1v) is 3.72. The Balaban J connectivity index is 2.35. The Hall–Kier alpha value is -1.17. The van der Waals surface area contributed by atoms with Gasteiger partial charge in [-0.1, -0.05) is 0 Å². The van der Waals surface area contributed by atoms with E-state index in [1.807, 2.05) is 0 Å². The number of pyridine rings is 1. The number of halogens is 4.